The average Bonchev–Trinajstić information content (AvgIpc) is 3.28. The summed E-state index contributed by atoms with van der Waals surface area (Å²) in [5.74, 6) is 0.200. The molecule has 3 N–H and O–H groups in total. The Morgan fingerprint density at radius 2 is 1.91 bits per heavy atom. The highest BCUT2D eigenvalue weighted by atomic mass is 16.5. The van der Waals surface area contributed by atoms with Crippen LogP contribution in [0.3, 0.4) is 0 Å². The van der Waals surface area contributed by atoms with Crippen molar-refractivity contribution >= 4 is 11.9 Å². The lowest BCUT2D eigenvalue weighted by Crippen LogP contribution is -3.09. The quantitative estimate of drug-likeness (QED) is 0.561. The van der Waals surface area contributed by atoms with Crippen LogP contribution in [0.1, 0.15) is 50.5 Å². The highest BCUT2D eigenvalue weighted by molar-refractivity contribution is 5.87. The Kier molecular flexibility index (Phi) is 8.41. The first-order valence-corrected chi connectivity index (χ1v) is 12.8. The van der Waals surface area contributed by atoms with Crippen molar-refractivity contribution in [2.75, 3.05) is 39.4 Å². The van der Waals surface area contributed by atoms with E-state index < -0.39 is 11.6 Å². The van der Waals surface area contributed by atoms with Gasteiger partial charge in [-0.3, -0.25) is 4.79 Å². The highest BCUT2D eigenvalue weighted by Gasteiger charge is 2.44. The van der Waals surface area contributed by atoms with E-state index in [1.165, 1.54) is 29.7 Å². The average molecular weight is 469 g/mol. The van der Waals surface area contributed by atoms with Crippen molar-refractivity contribution in [2.45, 2.75) is 63.1 Å². The number of hydrogen-bond acceptors (Lipinski definition) is 4. The van der Waals surface area contributed by atoms with Crippen LogP contribution in [0.4, 0.5) is 4.79 Å². The van der Waals surface area contributed by atoms with Crippen LogP contribution < -0.4 is 15.5 Å². The molecule has 3 amide bonds. The molecule has 1 aliphatic carbocycles. The molecule has 1 aromatic rings. The smallest absolute Gasteiger partial charge is 0.318 e. The summed E-state index contributed by atoms with van der Waals surface area (Å²) >= 11 is 0. The van der Waals surface area contributed by atoms with E-state index in [1.807, 2.05) is 18.2 Å². The van der Waals surface area contributed by atoms with Crippen LogP contribution in [0.2, 0.25) is 0 Å². The van der Waals surface area contributed by atoms with Gasteiger partial charge in [-0.05, 0) is 12.3 Å². The molecule has 8 heteroatoms. The molecule has 2 aliphatic heterocycles. The summed E-state index contributed by atoms with van der Waals surface area (Å²) in [6.45, 7) is 4.33. The summed E-state index contributed by atoms with van der Waals surface area (Å²) in [7, 11) is 0. The molecular formula is C26H38N5O3+. The third-order valence-electron chi connectivity index (χ3n) is 7.54. The molecule has 1 aromatic carbocycles. The fourth-order valence-corrected chi connectivity index (χ4v) is 5.58. The van der Waals surface area contributed by atoms with Crippen LogP contribution in [0.25, 0.3) is 0 Å². The maximum Gasteiger partial charge on any atom is 0.318 e. The largest absolute Gasteiger partial charge is 0.378 e. The molecule has 3 fully saturated rings. The molecule has 0 aromatic heterocycles. The number of hydrogen-bond donors (Lipinski definition) is 3. The van der Waals surface area contributed by atoms with E-state index in [0.29, 0.717) is 51.6 Å². The summed E-state index contributed by atoms with van der Waals surface area (Å²) in [6.07, 6.45) is 7.03. The van der Waals surface area contributed by atoms with Gasteiger partial charge in [-0.1, -0.05) is 62.4 Å². The van der Waals surface area contributed by atoms with Gasteiger partial charge in [0.2, 0.25) is 5.91 Å². The number of carbonyl (C=O) groups is 2. The first-order chi connectivity index (χ1) is 16.6. The van der Waals surface area contributed by atoms with E-state index in [9.17, 15) is 14.9 Å². The predicted octanol–water partition coefficient (Wildman–Crippen LogP) is 1.23. The van der Waals surface area contributed by atoms with Gasteiger partial charge in [0.1, 0.15) is 19.1 Å². The summed E-state index contributed by atoms with van der Waals surface area (Å²) < 4.78 is 5.35. The Morgan fingerprint density at radius 3 is 2.62 bits per heavy atom. The standard InChI is InChI=1S/C26H37N5O3/c27-19-26(11-12-30(20-26)18-22-9-5-2-6-10-22)29-24(32)23(17-21-7-3-1-4-8-21)28-25(33)31-13-15-34-16-14-31/h2,5-6,9-10,21,23H,1,3-4,7-8,11-18,20H2,(H,28,33)(H,29,32)/p+1. The molecule has 3 atom stereocenters. The second-order valence-electron chi connectivity index (χ2n) is 10.1. The zero-order valence-corrected chi connectivity index (χ0v) is 20.1. The minimum Gasteiger partial charge on any atom is -0.378 e. The van der Waals surface area contributed by atoms with Gasteiger partial charge in [0.25, 0.3) is 0 Å². The maximum atomic E-state index is 13.5. The summed E-state index contributed by atoms with van der Waals surface area (Å²) in [4.78, 5) is 29.4. The number of morpholine rings is 1. The van der Waals surface area contributed by atoms with Gasteiger partial charge in [-0.25, -0.2) is 4.79 Å². The third-order valence-corrected chi connectivity index (χ3v) is 7.54. The van der Waals surface area contributed by atoms with Crippen LogP contribution in [0.5, 0.6) is 0 Å². The topological polar surface area (TPSA) is 98.9 Å². The van der Waals surface area contributed by atoms with E-state index in [0.717, 1.165) is 25.9 Å². The van der Waals surface area contributed by atoms with Crippen LogP contribution in [-0.4, -0.2) is 67.8 Å². The predicted molar refractivity (Wildman–Crippen MR) is 128 cm³/mol. The molecule has 8 nitrogen and oxygen atoms in total. The van der Waals surface area contributed by atoms with Gasteiger partial charge in [0.05, 0.1) is 25.8 Å². The lowest BCUT2D eigenvalue weighted by molar-refractivity contribution is -0.902. The van der Waals surface area contributed by atoms with Crippen molar-refractivity contribution < 1.29 is 19.2 Å². The molecule has 184 valence electrons. The first-order valence-electron chi connectivity index (χ1n) is 12.8. The summed E-state index contributed by atoms with van der Waals surface area (Å²) in [5, 5.41) is 16.1. The molecule has 2 heterocycles. The molecule has 3 aliphatic rings. The number of amides is 3. The second-order valence-corrected chi connectivity index (χ2v) is 10.1. The molecule has 34 heavy (non-hydrogen) atoms. The number of nitrogens with zero attached hydrogens (tertiary/aromatic N) is 2. The van der Waals surface area contributed by atoms with Gasteiger partial charge in [-0.15, -0.1) is 0 Å². The third kappa shape index (κ3) is 6.49. The van der Waals surface area contributed by atoms with Crippen LogP contribution in [-0.2, 0) is 16.1 Å². The monoisotopic (exact) mass is 468 g/mol. The zero-order valence-electron chi connectivity index (χ0n) is 20.1. The molecule has 2 saturated heterocycles. The van der Waals surface area contributed by atoms with E-state index in [-0.39, 0.29) is 11.9 Å². The van der Waals surface area contributed by atoms with Gasteiger partial charge in [0.15, 0.2) is 5.54 Å². The van der Waals surface area contributed by atoms with E-state index in [4.69, 9.17) is 4.74 Å². The minimum atomic E-state index is -0.893. The molecule has 4 rings (SSSR count). The van der Waals surface area contributed by atoms with Crippen LogP contribution in [0.15, 0.2) is 30.3 Å². The van der Waals surface area contributed by atoms with Gasteiger partial charge < -0.3 is 25.2 Å². The number of nitriles is 1. The number of urea groups is 1. The summed E-state index contributed by atoms with van der Waals surface area (Å²) in [6, 6.07) is 11.8. The normalized spacial score (nSPS) is 26.4. The van der Waals surface area contributed by atoms with Crippen molar-refractivity contribution in [3.8, 4) is 6.07 Å². The number of carbonyl (C=O) groups excluding carboxylic acids is 2. The fraction of sp³-hybridized carbons (Fsp3) is 0.654. The fourth-order valence-electron chi connectivity index (χ4n) is 5.58. The molecule has 0 bridgehead atoms. The number of rotatable bonds is 7. The highest BCUT2D eigenvalue weighted by Crippen LogP contribution is 2.28. The summed E-state index contributed by atoms with van der Waals surface area (Å²) in [5.41, 5.74) is 0.334. The first kappa shape index (κ1) is 24.5. The van der Waals surface area contributed by atoms with Crippen molar-refractivity contribution in [3.05, 3.63) is 35.9 Å². The van der Waals surface area contributed by atoms with Crippen molar-refractivity contribution in [2.24, 2.45) is 5.92 Å². The van der Waals surface area contributed by atoms with Crippen molar-refractivity contribution in [1.82, 2.24) is 15.5 Å². The number of likely N-dealkylation sites (tertiary alicyclic amines) is 1. The Labute approximate surface area is 202 Å². The lowest BCUT2D eigenvalue weighted by atomic mass is 9.84. The van der Waals surface area contributed by atoms with E-state index >= 15 is 0 Å². The number of nitrogens with one attached hydrogen (secondary N) is 3. The Balaban J connectivity index is 1.40. The van der Waals surface area contributed by atoms with Gasteiger partial charge in [-0.2, -0.15) is 5.26 Å². The second kappa shape index (κ2) is 11.7. The van der Waals surface area contributed by atoms with Crippen molar-refractivity contribution in [1.29, 1.82) is 5.26 Å². The molecule has 0 radical (unpaired) electrons. The molecule has 3 unspecified atom stereocenters. The zero-order chi connectivity index (χ0) is 23.8. The number of benzene rings is 1. The molecular weight excluding hydrogens is 430 g/mol. The van der Waals surface area contributed by atoms with Gasteiger partial charge in [0, 0.05) is 25.1 Å². The number of quaternary nitrogens is 1. The molecule has 0 spiro atoms. The Bertz CT molecular complexity index is 861. The number of ether oxygens (including phenoxy) is 1. The Hall–Kier alpha value is -2.63. The van der Waals surface area contributed by atoms with E-state index in [1.54, 1.807) is 4.90 Å². The van der Waals surface area contributed by atoms with E-state index in [2.05, 4.69) is 28.8 Å². The SMILES string of the molecule is N#CC1(NC(=O)C(CC2CCCCC2)NC(=O)N2CCOCC2)CC[NH+](Cc2ccccc2)C1. The van der Waals surface area contributed by atoms with Gasteiger partial charge >= 0.3 is 6.03 Å². The lowest BCUT2D eigenvalue weighted by Gasteiger charge is -2.32. The Morgan fingerprint density at radius 1 is 1.18 bits per heavy atom. The van der Waals surface area contributed by atoms with Crippen molar-refractivity contribution in [3.63, 3.8) is 0 Å². The maximum absolute atomic E-state index is 13.5. The molecule has 1 saturated carbocycles. The minimum absolute atomic E-state index is 0.215. The van der Waals surface area contributed by atoms with Crippen LogP contribution in [0, 0.1) is 17.2 Å². The van der Waals surface area contributed by atoms with Crippen LogP contribution >= 0.6 is 0 Å².